The molecule has 0 radical (unpaired) electrons. The molecule has 1 aromatic rings. The lowest BCUT2D eigenvalue weighted by molar-refractivity contribution is -0.117. The first-order chi connectivity index (χ1) is 8.04. The maximum absolute atomic E-state index is 11.9. The van der Waals surface area contributed by atoms with Gasteiger partial charge in [0.25, 0.3) is 0 Å². The smallest absolute Gasteiger partial charge is 0.179 e. The van der Waals surface area contributed by atoms with Crippen molar-refractivity contribution < 1.29 is 9.59 Å². The van der Waals surface area contributed by atoms with Gasteiger partial charge in [0.2, 0.25) is 0 Å². The molecule has 17 heavy (non-hydrogen) atoms. The van der Waals surface area contributed by atoms with Crippen molar-refractivity contribution in [1.82, 2.24) is 0 Å². The van der Waals surface area contributed by atoms with Crippen LogP contribution in [0.5, 0.6) is 0 Å². The fourth-order valence-corrected chi connectivity index (χ4v) is 1.54. The molecule has 0 saturated carbocycles. The Balaban J connectivity index is 2.76. The molecule has 0 aliphatic carbocycles. The molecule has 1 unspecified atom stereocenters. The molecule has 0 fully saturated rings. The van der Waals surface area contributed by atoms with E-state index in [-0.39, 0.29) is 24.4 Å². The van der Waals surface area contributed by atoms with Crippen LogP contribution < -0.4 is 0 Å². The zero-order valence-electron chi connectivity index (χ0n) is 9.44. The second-order valence-corrected chi connectivity index (χ2v) is 4.23. The molecule has 0 saturated heterocycles. The molecule has 1 rings (SSSR count). The molecule has 0 amide bonds. The van der Waals surface area contributed by atoms with Gasteiger partial charge in [-0.1, -0.05) is 11.6 Å². The van der Waals surface area contributed by atoms with Gasteiger partial charge in [-0.05, 0) is 37.6 Å². The number of benzene rings is 1. The van der Waals surface area contributed by atoms with Gasteiger partial charge in [0.05, 0.1) is 6.07 Å². The number of ketones is 2. The van der Waals surface area contributed by atoms with Crippen molar-refractivity contribution in [3.63, 3.8) is 0 Å². The highest BCUT2D eigenvalue weighted by molar-refractivity contribution is 6.30. The van der Waals surface area contributed by atoms with Crippen molar-refractivity contribution in [3.8, 4) is 6.07 Å². The zero-order valence-corrected chi connectivity index (χ0v) is 10.2. The minimum Gasteiger partial charge on any atom is -0.300 e. The average molecular weight is 250 g/mol. The molecule has 0 N–H and O–H groups in total. The van der Waals surface area contributed by atoms with E-state index in [0.717, 1.165) is 0 Å². The molecular weight excluding hydrogens is 238 g/mol. The standard InChI is InChI=1S/C13H12ClNO2/c1-9(16)2-3-11(8-15)13(17)10-4-6-12(14)7-5-10/h4-7,11H,2-3H2,1H3. The first kappa shape index (κ1) is 13.4. The summed E-state index contributed by atoms with van der Waals surface area (Å²) in [5, 5.41) is 9.46. The van der Waals surface area contributed by atoms with Crippen molar-refractivity contribution in [3.05, 3.63) is 34.9 Å². The second-order valence-electron chi connectivity index (χ2n) is 3.79. The Bertz CT molecular complexity index is 459. The third-order valence-electron chi connectivity index (χ3n) is 2.39. The van der Waals surface area contributed by atoms with E-state index in [1.807, 2.05) is 6.07 Å². The van der Waals surface area contributed by atoms with Crippen LogP contribution in [0.1, 0.15) is 30.1 Å². The summed E-state index contributed by atoms with van der Waals surface area (Å²) in [5.74, 6) is -1.04. The minimum absolute atomic E-state index is 0.0193. The predicted molar refractivity (Wildman–Crippen MR) is 64.8 cm³/mol. The Kier molecular flexibility index (Phi) is 4.86. The van der Waals surface area contributed by atoms with Gasteiger partial charge in [-0.3, -0.25) is 4.79 Å². The van der Waals surface area contributed by atoms with Crippen LogP contribution in [-0.4, -0.2) is 11.6 Å². The summed E-state index contributed by atoms with van der Waals surface area (Å²) in [7, 11) is 0. The molecular formula is C13H12ClNO2. The van der Waals surface area contributed by atoms with E-state index >= 15 is 0 Å². The Morgan fingerprint density at radius 2 is 1.94 bits per heavy atom. The number of nitrogens with zero attached hydrogens (tertiary/aromatic N) is 1. The van der Waals surface area contributed by atoms with E-state index in [1.54, 1.807) is 24.3 Å². The van der Waals surface area contributed by atoms with Gasteiger partial charge in [-0.2, -0.15) is 5.26 Å². The van der Waals surface area contributed by atoms with Gasteiger partial charge < -0.3 is 4.79 Å². The molecule has 0 heterocycles. The summed E-state index contributed by atoms with van der Waals surface area (Å²) in [6.45, 7) is 1.45. The maximum Gasteiger partial charge on any atom is 0.179 e. The molecule has 1 atom stereocenters. The van der Waals surface area contributed by atoms with Crippen LogP contribution in [0.4, 0.5) is 0 Å². The van der Waals surface area contributed by atoms with Crippen LogP contribution >= 0.6 is 11.6 Å². The van der Waals surface area contributed by atoms with Crippen molar-refractivity contribution in [2.24, 2.45) is 5.92 Å². The molecule has 0 bridgehead atoms. The molecule has 1 aromatic carbocycles. The highest BCUT2D eigenvalue weighted by Crippen LogP contribution is 2.16. The Morgan fingerprint density at radius 1 is 1.35 bits per heavy atom. The maximum atomic E-state index is 11.9. The summed E-state index contributed by atoms with van der Waals surface area (Å²) in [6.07, 6.45) is 0.519. The van der Waals surface area contributed by atoms with Gasteiger partial charge in [0.15, 0.2) is 5.78 Å². The monoisotopic (exact) mass is 249 g/mol. The lowest BCUT2D eigenvalue weighted by atomic mass is 9.94. The van der Waals surface area contributed by atoms with Gasteiger partial charge >= 0.3 is 0 Å². The number of halogens is 1. The number of Topliss-reactive ketones (excluding diaryl/α,β-unsaturated/α-hetero) is 2. The summed E-state index contributed by atoms with van der Waals surface area (Å²) < 4.78 is 0. The van der Waals surface area contributed by atoms with Crippen LogP contribution in [-0.2, 0) is 4.79 Å². The van der Waals surface area contributed by atoms with Crippen LogP contribution in [0.15, 0.2) is 24.3 Å². The normalized spacial score (nSPS) is 11.6. The molecule has 0 aliphatic rings. The molecule has 3 nitrogen and oxygen atoms in total. The molecule has 88 valence electrons. The van der Waals surface area contributed by atoms with Crippen molar-refractivity contribution >= 4 is 23.2 Å². The van der Waals surface area contributed by atoms with E-state index < -0.39 is 5.92 Å². The topological polar surface area (TPSA) is 57.9 Å². The highest BCUT2D eigenvalue weighted by Gasteiger charge is 2.19. The Hall–Kier alpha value is -1.66. The van der Waals surface area contributed by atoms with E-state index in [2.05, 4.69) is 0 Å². The number of hydrogen-bond acceptors (Lipinski definition) is 3. The summed E-state index contributed by atoms with van der Waals surface area (Å²) in [4.78, 5) is 22.8. The van der Waals surface area contributed by atoms with Gasteiger partial charge in [0.1, 0.15) is 11.7 Å². The fourth-order valence-electron chi connectivity index (χ4n) is 1.42. The van der Waals surface area contributed by atoms with Gasteiger partial charge in [-0.25, -0.2) is 0 Å². The van der Waals surface area contributed by atoms with Gasteiger partial charge in [0, 0.05) is 17.0 Å². The Labute approximate surface area is 105 Å². The number of carbonyl (C=O) groups excluding carboxylic acids is 2. The lowest BCUT2D eigenvalue weighted by Crippen LogP contribution is -2.14. The van der Waals surface area contributed by atoms with Crippen molar-refractivity contribution in [1.29, 1.82) is 5.26 Å². The fraction of sp³-hybridized carbons (Fsp3) is 0.308. The van der Waals surface area contributed by atoms with Crippen LogP contribution in [0.2, 0.25) is 5.02 Å². The van der Waals surface area contributed by atoms with Crippen LogP contribution in [0.3, 0.4) is 0 Å². The largest absolute Gasteiger partial charge is 0.300 e. The first-order valence-electron chi connectivity index (χ1n) is 5.23. The van der Waals surface area contributed by atoms with Crippen LogP contribution in [0, 0.1) is 17.2 Å². The van der Waals surface area contributed by atoms with Crippen LogP contribution in [0.25, 0.3) is 0 Å². The number of rotatable bonds is 5. The van der Waals surface area contributed by atoms with E-state index in [4.69, 9.17) is 16.9 Å². The highest BCUT2D eigenvalue weighted by atomic mass is 35.5. The SMILES string of the molecule is CC(=O)CCC(C#N)C(=O)c1ccc(Cl)cc1. The number of hydrogen-bond donors (Lipinski definition) is 0. The summed E-state index contributed by atoms with van der Waals surface area (Å²) >= 11 is 5.71. The quantitative estimate of drug-likeness (QED) is 0.754. The van der Waals surface area contributed by atoms with Crippen molar-refractivity contribution in [2.45, 2.75) is 19.8 Å². The second kappa shape index (κ2) is 6.17. The average Bonchev–Trinajstić information content (AvgIpc) is 2.30. The summed E-state index contributed by atoms with van der Waals surface area (Å²) in [6, 6.07) is 8.32. The zero-order chi connectivity index (χ0) is 12.8. The third-order valence-corrected chi connectivity index (χ3v) is 2.64. The molecule has 0 aliphatic heterocycles. The number of nitriles is 1. The first-order valence-corrected chi connectivity index (χ1v) is 5.61. The van der Waals surface area contributed by atoms with E-state index in [0.29, 0.717) is 10.6 Å². The lowest BCUT2D eigenvalue weighted by Gasteiger charge is -2.06. The minimum atomic E-state index is -0.764. The van der Waals surface area contributed by atoms with E-state index in [1.165, 1.54) is 6.92 Å². The summed E-state index contributed by atoms with van der Waals surface area (Å²) in [5.41, 5.74) is 0.449. The molecule has 0 aromatic heterocycles. The predicted octanol–water partition coefficient (Wildman–Crippen LogP) is 3.03. The Morgan fingerprint density at radius 3 is 2.41 bits per heavy atom. The van der Waals surface area contributed by atoms with Crippen molar-refractivity contribution in [2.75, 3.05) is 0 Å². The third kappa shape index (κ3) is 4.01. The number of carbonyl (C=O) groups is 2. The molecule has 4 heteroatoms. The van der Waals surface area contributed by atoms with Gasteiger partial charge in [-0.15, -0.1) is 0 Å². The van der Waals surface area contributed by atoms with E-state index in [9.17, 15) is 9.59 Å². The molecule has 0 spiro atoms.